The van der Waals surface area contributed by atoms with Crippen molar-refractivity contribution in [3.63, 3.8) is 0 Å². The van der Waals surface area contributed by atoms with Crippen LogP contribution in [0.5, 0.6) is 0 Å². The lowest BCUT2D eigenvalue weighted by Gasteiger charge is -2.39. The van der Waals surface area contributed by atoms with Crippen LogP contribution in [0.4, 0.5) is 4.79 Å². The molecule has 3 N–H and O–H groups in total. The van der Waals surface area contributed by atoms with Gasteiger partial charge in [-0.1, -0.05) is 0 Å². The number of hydrogen-bond donors (Lipinski definition) is 2. The van der Waals surface area contributed by atoms with E-state index in [1.54, 1.807) is 12.0 Å². The Hall–Kier alpha value is -0.850. The number of aliphatic hydroxyl groups is 1. The number of carbonyl (C=O) groups is 1. The maximum Gasteiger partial charge on any atom is 0.410 e. The first-order valence-electron chi connectivity index (χ1n) is 7.17. The van der Waals surface area contributed by atoms with Gasteiger partial charge in [0.05, 0.1) is 18.8 Å². The summed E-state index contributed by atoms with van der Waals surface area (Å²) < 4.78 is 10.5. The minimum Gasteiger partial charge on any atom is -0.444 e. The summed E-state index contributed by atoms with van der Waals surface area (Å²) in [6, 6.07) is -0.246. The highest BCUT2D eigenvalue weighted by molar-refractivity contribution is 5.68. The summed E-state index contributed by atoms with van der Waals surface area (Å²) in [5.74, 6) is 0. The lowest BCUT2D eigenvalue weighted by Crippen LogP contribution is -2.53. The van der Waals surface area contributed by atoms with Crippen molar-refractivity contribution in [3.8, 4) is 0 Å². The molecule has 3 atom stereocenters. The summed E-state index contributed by atoms with van der Waals surface area (Å²) in [5, 5.41) is 10.2. The van der Waals surface area contributed by atoms with E-state index in [2.05, 4.69) is 0 Å². The van der Waals surface area contributed by atoms with Crippen molar-refractivity contribution < 1.29 is 19.4 Å². The molecule has 0 aromatic carbocycles. The highest BCUT2D eigenvalue weighted by Crippen LogP contribution is 2.24. The summed E-state index contributed by atoms with van der Waals surface area (Å²) in [6.45, 7) is 6.29. The Bertz CT molecular complexity index is 317. The minimum atomic E-state index is -0.608. The second-order valence-electron chi connectivity index (χ2n) is 6.37. The average molecular weight is 288 g/mol. The van der Waals surface area contributed by atoms with E-state index in [1.165, 1.54) is 0 Å². The van der Waals surface area contributed by atoms with Crippen molar-refractivity contribution >= 4 is 6.09 Å². The largest absolute Gasteiger partial charge is 0.444 e. The molecule has 0 aromatic heterocycles. The topological polar surface area (TPSA) is 85.0 Å². The molecule has 6 nitrogen and oxygen atoms in total. The van der Waals surface area contributed by atoms with Gasteiger partial charge in [-0.15, -0.1) is 0 Å². The van der Waals surface area contributed by atoms with Gasteiger partial charge in [-0.25, -0.2) is 4.79 Å². The predicted molar refractivity (Wildman–Crippen MR) is 76.4 cm³/mol. The summed E-state index contributed by atoms with van der Waals surface area (Å²) in [7, 11) is 1.58. The van der Waals surface area contributed by atoms with E-state index in [-0.39, 0.29) is 12.1 Å². The van der Waals surface area contributed by atoms with Crippen molar-refractivity contribution in [2.45, 2.75) is 63.8 Å². The summed E-state index contributed by atoms with van der Waals surface area (Å²) in [4.78, 5) is 13.9. The predicted octanol–water partition coefficient (Wildman–Crippen LogP) is 1.11. The summed E-state index contributed by atoms with van der Waals surface area (Å²) in [6.07, 6.45) is 0.980. The summed E-state index contributed by atoms with van der Waals surface area (Å²) >= 11 is 0. The van der Waals surface area contributed by atoms with Gasteiger partial charge >= 0.3 is 6.09 Å². The monoisotopic (exact) mass is 288 g/mol. The van der Waals surface area contributed by atoms with E-state index in [4.69, 9.17) is 15.2 Å². The smallest absolute Gasteiger partial charge is 0.410 e. The molecule has 0 aliphatic heterocycles. The molecule has 0 radical (unpaired) electrons. The third-order valence-electron chi connectivity index (χ3n) is 3.39. The van der Waals surface area contributed by atoms with Crippen LogP contribution in [0.1, 0.15) is 40.0 Å². The van der Waals surface area contributed by atoms with Crippen LogP contribution in [0.2, 0.25) is 0 Å². The molecule has 20 heavy (non-hydrogen) atoms. The highest BCUT2D eigenvalue weighted by atomic mass is 16.6. The third kappa shape index (κ3) is 5.26. The molecule has 1 saturated carbocycles. The molecule has 0 spiro atoms. The molecule has 1 amide bonds. The Labute approximate surface area is 121 Å². The molecule has 6 heteroatoms. The molecular weight excluding hydrogens is 260 g/mol. The number of nitrogens with two attached hydrogens (primary N) is 1. The molecule has 0 saturated heterocycles. The van der Waals surface area contributed by atoms with Crippen LogP contribution in [0.25, 0.3) is 0 Å². The average Bonchev–Trinajstić information content (AvgIpc) is 2.29. The first-order valence-corrected chi connectivity index (χ1v) is 7.17. The van der Waals surface area contributed by atoms with Crippen LogP contribution < -0.4 is 5.73 Å². The van der Waals surface area contributed by atoms with Gasteiger partial charge < -0.3 is 25.2 Å². The lowest BCUT2D eigenvalue weighted by molar-refractivity contribution is -0.0250. The molecule has 1 aliphatic rings. The van der Waals surface area contributed by atoms with Crippen LogP contribution >= 0.6 is 0 Å². The van der Waals surface area contributed by atoms with Crippen LogP contribution in [-0.4, -0.2) is 60.1 Å². The molecule has 0 heterocycles. The molecule has 0 bridgehead atoms. The van der Waals surface area contributed by atoms with Gasteiger partial charge in [0.2, 0.25) is 0 Å². The Morgan fingerprint density at radius 2 is 2.05 bits per heavy atom. The SMILES string of the molecule is COCCN(C(=O)OC(C)(C)C)[C@H]1CC[C@H](N)CC1O. The van der Waals surface area contributed by atoms with E-state index in [0.717, 1.165) is 6.42 Å². The van der Waals surface area contributed by atoms with Gasteiger partial charge in [0.1, 0.15) is 5.60 Å². The number of methoxy groups -OCH3 is 1. The molecule has 0 aromatic rings. The van der Waals surface area contributed by atoms with Crippen LogP contribution in [-0.2, 0) is 9.47 Å². The minimum absolute atomic E-state index is 0.00385. The molecule has 1 unspecified atom stereocenters. The van der Waals surface area contributed by atoms with Gasteiger partial charge in [-0.2, -0.15) is 0 Å². The quantitative estimate of drug-likeness (QED) is 0.809. The van der Waals surface area contributed by atoms with Crippen LogP contribution in [0.3, 0.4) is 0 Å². The number of rotatable bonds is 4. The van der Waals surface area contributed by atoms with Gasteiger partial charge in [-0.05, 0) is 40.0 Å². The van der Waals surface area contributed by atoms with E-state index >= 15 is 0 Å². The van der Waals surface area contributed by atoms with E-state index in [1.807, 2.05) is 20.8 Å². The second kappa shape index (κ2) is 7.24. The molecular formula is C14H28N2O4. The number of ether oxygens (including phenoxy) is 2. The van der Waals surface area contributed by atoms with Crippen molar-refractivity contribution in [2.24, 2.45) is 5.73 Å². The fourth-order valence-corrected chi connectivity index (χ4v) is 2.43. The number of carbonyl (C=O) groups excluding carboxylic acids is 1. The van der Waals surface area contributed by atoms with Gasteiger partial charge in [0, 0.05) is 19.7 Å². The van der Waals surface area contributed by atoms with Crippen molar-refractivity contribution in [1.29, 1.82) is 0 Å². The number of amides is 1. The number of nitrogens with zero attached hydrogens (tertiary/aromatic N) is 1. The van der Waals surface area contributed by atoms with Crippen LogP contribution in [0.15, 0.2) is 0 Å². The zero-order chi connectivity index (χ0) is 15.3. The number of hydrogen-bond acceptors (Lipinski definition) is 5. The second-order valence-corrected chi connectivity index (χ2v) is 6.37. The Morgan fingerprint density at radius 1 is 1.40 bits per heavy atom. The Balaban J connectivity index is 2.75. The van der Waals surface area contributed by atoms with Gasteiger partial charge in [0.15, 0.2) is 0 Å². The zero-order valence-electron chi connectivity index (χ0n) is 13.0. The lowest BCUT2D eigenvalue weighted by atomic mass is 9.88. The molecule has 1 fully saturated rings. The Kier molecular flexibility index (Phi) is 6.23. The maximum absolute atomic E-state index is 12.3. The first kappa shape index (κ1) is 17.2. The van der Waals surface area contributed by atoms with Crippen molar-refractivity contribution in [2.75, 3.05) is 20.3 Å². The highest BCUT2D eigenvalue weighted by Gasteiger charge is 2.36. The fourth-order valence-electron chi connectivity index (χ4n) is 2.43. The normalized spacial score (nSPS) is 27.2. The fraction of sp³-hybridized carbons (Fsp3) is 0.929. The standard InChI is InChI=1S/C14H28N2O4/c1-14(2,3)20-13(18)16(7-8-19-4)11-6-5-10(15)9-12(11)17/h10-12,17H,5-9,15H2,1-4H3/t10-,11-,12?/m0/s1. The van der Waals surface area contributed by atoms with E-state index < -0.39 is 17.8 Å². The zero-order valence-corrected chi connectivity index (χ0v) is 13.0. The van der Waals surface area contributed by atoms with Crippen molar-refractivity contribution in [1.82, 2.24) is 4.90 Å². The Morgan fingerprint density at radius 3 is 2.55 bits per heavy atom. The van der Waals surface area contributed by atoms with Gasteiger partial charge in [0.25, 0.3) is 0 Å². The van der Waals surface area contributed by atoms with Crippen LogP contribution in [0, 0.1) is 0 Å². The summed E-state index contributed by atoms with van der Waals surface area (Å²) in [5.41, 5.74) is 5.29. The third-order valence-corrected chi connectivity index (χ3v) is 3.39. The first-order chi connectivity index (χ1) is 9.24. The maximum atomic E-state index is 12.3. The molecule has 1 rings (SSSR count). The van der Waals surface area contributed by atoms with Crippen molar-refractivity contribution in [3.05, 3.63) is 0 Å². The van der Waals surface area contributed by atoms with E-state index in [9.17, 15) is 9.90 Å². The van der Waals surface area contributed by atoms with Gasteiger partial charge in [-0.3, -0.25) is 0 Å². The molecule has 118 valence electrons. The number of aliphatic hydroxyl groups excluding tert-OH is 1. The van der Waals surface area contributed by atoms with E-state index in [0.29, 0.717) is 26.0 Å². The molecule has 1 aliphatic carbocycles.